The highest BCUT2D eigenvalue weighted by atomic mass is 32.2. The van der Waals surface area contributed by atoms with E-state index in [4.69, 9.17) is 0 Å². The number of aromatic nitrogens is 2. The Balaban J connectivity index is 2.64. The van der Waals surface area contributed by atoms with Crippen molar-refractivity contribution in [1.82, 2.24) is 14.1 Å². The molecule has 1 aromatic heterocycles. The smallest absolute Gasteiger partial charge is 0.305 e. The van der Waals surface area contributed by atoms with Gasteiger partial charge in [0.15, 0.2) is 5.03 Å². The summed E-state index contributed by atoms with van der Waals surface area (Å²) in [6.45, 7) is 0.253. The highest BCUT2D eigenvalue weighted by Crippen LogP contribution is 2.13. The number of esters is 1. The zero-order valence-corrected chi connectivity index (χ0v) is 11.5. The zero-order valence-electron chi connectivity index (χ0n) is 10.7. The van der Waals surface area contributed by atoms with Gasteiger partial charge in [-0.1, -0.05) is 0 Å². The molecule has 8 heteroatoms. The third-order valence-corrected chi connectivity index (χ3v) is 4.46. The second kappa shape index (κ2) is 5.96. The maximum absolute atomic E-state index is 12.1. The second-order valence-electron chi connectivity index (χ2n) is 3.80. The van der Waals surface area contributed by atoms with Gasteiger partial charge in [-0.25, -0.2) is 8.42 Å². The van der Waals surface area contributed by atoms with Crippen LogP contribution in [0.2, 0.25) is 0 Å². The van der Waals surface area contributed by atoms with E-state index in [0.29, 0.717) is 6.42 Å². The first-order chi connectivity index (χ1) is 8.39. The summed E-state index contributed by atoms with van der Waals surface area (Å²) >= 11 is 0. The molecule has 0 aliphatic heterocycles. The van der Waals surface area contributed by atoms with Crippen LogP contribution >= 0.6 is 0 Å². The van der Waals surface area contributed by atoms with Crippen molar-refractivity contribution in [3.05, 3.63) is 12.3 Å². The molecule has 7 nitrogen and oxygen atoms in total. The molecule has 0 atom stereocenters. The lowest BCUT2D eigenvalue weighted by molar-refractivity contribution is -0.140. The quantitative estimate of drug-likeness (QED) is 0.682. The third-order valence-electron chi connectivity index (χ3n) is 2.53. The van der Waals surface area contributed by atoms with Crippen LogP contribution in [0.25, 0.3) is 0 Å². The Hall–Kier alpha value is -1.41. The van der Waals surface area contributed by atoms with Gasteiger partial charge in [-0.3, -0.25) is 9.48 Å². The highest BCUT2D eigenvalue weighted by molar-refractivity contribution is 7.89. The Morgan fingerprint density at radius 2 is 2.22 bits per heavy atom. The average Bonchev–Trinajstić information content (AvgIpc) is 2.75. The van der Waals surface area contributed by atoms with Gasteiger partial charge in [0, 0.05) is 27.1 Å². The minimum atomic E-state index is -3.55. The molecule has 18 heavy (non-hydrogen) atoms. The number of aryl methyl sites for hydroxylation is 1. The van der Waals surface area contributed by atoms with Gasteiger partial charge in [-0.15, -0.1) is 0 Å². The summed E-state index contributed by atoms with van der Waals surface area (Å²) in [5.74, 6) is -0.346. The normalized spacial score (nSPS) is 11.8. The molecule has 0 unspecified atom stereocenters. The summed E-state index contributed by atoms with van der Waals surface area (Å²) in [7, 11) is 0.791. The van der Waals surface area contributed by atoms with Crippen molar-refractivity contribution in [2.45, 2.75) is 17.9 Å². The molecule has 0 bridgehead atoms. The molecule has 0 amide bonds. The molecule has 1 rings (SSSR count). The number of methoxy groups -OCH3 is 1. The van der Waals surface area contributed by atoms with Gasteiger partial charge in [-0.05, 0) is 12.5 Å². The molecule has 0 N–H and O–H groups in total. The molecule has 1 aromatic rings. The maximum atomic E-state index is 12.1. The molecule has 0 spiro atoms. The van der Waals surface area contributed by atoms with Crippen LogP contribution in [0.1, 0.15) is 12.8 Å². The van der Waals surface area contributed by atoms with Crippen LogP contribution in [-0.2, 0) is 26.6 Å². The van der Waals surface area contributed by atoms with Crippen molar-refractivity contribution in [1.29, 1.82) is 0 Å². The molecule has 0 aromatic carbocycles. The number of carbonyl (C=O) groups excluding carboxylic acids is 1. The summed E-state index contributed by atoms with van der Waals surface area (Å²) in [6, 6.07) is 1.44. The van der Waals surface area contributed by atoms with Crippen molar-refractivity contribution in [2.75, 3.05) is 20.7 Å². The highest BCUT2D eigenvalue weighted by Gasteiger charge is 2.23. The Labute approximate surface area is 106 Å². The van der Waals surface area contributed by atoms with Crippen LogP contribution < -0.4 is 0 Å². The first kappa shape index (κ1) is 14.7. The van der Waals surface area contributed by atoms with Crippen molar-refractivity contribution in [3.63, 3.8) is 0 Å². The summed E-state index contributed by atoms with van der Waals surface area (Å²) in [5, 5.41) is 3.95. The van der Waals surface area contributed by atoms with E-state index in [0.717, 1.165) is 0 Å². The number of ether oxygens (including phenoxy) is 1. The predicted molar refractivity (Wildman–Crippen MR) is 64.3 cm³/mol. The molecular formula is C10H17N3O4S. The second-order valence-corrected chi connectivity index (χ2v) is 5.79. The Morgan fingerprint density at radius 3 is 2.72 bits per heavy atom. The van der Waals surface area contributed by atoms with Crippen molar-refractivity contribution in [2.24, 2.45) is 7.05 Å². The van der Waals surface area contributed by atoms with Crippen LogP contribution in [0, 0.1) is 0 Å². The fourth-order valence-corrected chi connectivity index (χ4v) is 2.75. The summed E-state index contributed by atoms with van der Waals surface area (Å²) in [4.78, 5) is 10.9. The van der Waals surface area contributed by atoms with E-state index in [1.807, 2.05) is 0 Å². The van der Waals surface area contributed by atoms with E-state index in [1.54, 1.807) is 7.05 Å². The zero-order chi connectivity index (χ0) is 13.8. The number of hydrogen-bond donors (Lipinski definition) is 0. The van der Waals surface area contributed by atoms with Crippen molar-refractivity contribution in [3.8, 4) is 0 Å². The number of carbonyl (C=O) groups is 1. The Bertz CT molecular complexity index is 509. The lowest BCUT2D eigenvalue weighted by Crippen LogP contribution is -2.29. The number of sulfonamides is 1. The molecule has 0 fully saturated rings. The van der Waals surface area contributed by atoms with Crippen LogP contribution in [0.5, 0.6) is 0 Å². The number of nitrogens with zero attached hydrogens (tertiary/aromatic N) is 3. The Kier molecular flexibility index (Phi) is 4.85. The molecular weight excluding hydrogens is 258 g/mol. The van der Waals surface area contributed by atoms with Gasteiger partial charge in [0.1, 0.15) is 0 Å². The fourth-order valence-electron chi connectivity index (χ4n) is 1.44. The monoisotopic (exact) mass is 275 g/mol. The van der Waals surface area contributed by atoms with Gasteiger partial charge < -0.3 is 4.74 Å². The minimum Gasteiger partial charge on any atom is -0.469 e. The van der Waals surface area contributed by atoms with Gasteiger partial charge in [0.05, 0.1) is 13.3 Å². The molecule has 0 saturated heterocycles. The summed E-state index contributed by atoms with van der Waals surface area (Å²) in [6.07, 6.45) is 2.04. The van der Waals surface area contributed by atoms with Crippen LogP contribution in [-0.4, -0.2) is 49.2 Å². The summed E-state index contributed by atoms with van der Waals surface area (Å²) in [5.41, 5.74) is 0. The predicted octanol–water partition coefficient (Wildman–Crippen LogP) is -0.00620. The van der Waals surface area contributed by atoms with Gasteiger partial charge in [-0.2, -0.15) is 9.40 Å². The molecule has 1 heterocycles. The maximum Gasteiger partial charge on any atom is 0.305 e. The van der Waals surface area contributed by atoms with Crippen LogP contribution in [0.3, 0.4) is 0 Å². The number of rotatable bonds is 6. The van der Waals surface area contributed by atoms with E-state index in [2.05, 4.69) is 9.84 Å². The van der Waals surface area contributed by atoms with Crippen LogP contribution in [0.15, 0.2) is 17.3 Å². The van der Waals surface area contributed by atoms with E-state index < -0.39 is 10.0 Å². The van der Waals surface area contributed by atoms with E-state index >= 15 is 0 Å². The van der Waals surface area contributed by atoms with Gasteiger partial charge in [0.2, 0.25) is 0 Å². The van der Waals surface area contributed by atoms with Gasteiger partial charge in [0.25, 0.3) is 10.0 Å². The molecule has 0 aliphatic carbocycles. The van der Waals surface area contributed by atoms with Crippen LogP contribution in [0.4, 0.5) is 0 Å². The lowest BCUT2D eigenvalue weighted by atomic mass is 10.3. The standard InChI is InChI=1S/C10H17N3O4S/c1-12(8-4-5-10(14)17-3)18(15,16)9-6-7-11-13(9)2/h6-7H,4-5,8H2,1-3H3. The van der Waals surface area contributed by atoms with E-state index in [1.165, 1.54) is 35.4 Å². The first-order valence-electron chi connectivity index (χ1n) is 5.40. The molecule has 0 radical (unpaired) electrons. The lowest BCUT2D eigenvalue weighted by Gasteiger charge is -2.16. The SMILES string of the molecule is COC(=O)CCCN(C)S(=O)(=O)c1ccnn1C. The van der Waals surface area contributed by atoms with Crippen molar-refractivity contribution >= 4 is 16.0 Å². The van der Waals surface area contributed by atoms with E-state index in [-0.39, 0.29) is 24.0 Å². The van der Waals surface area contributed by atoms with Crippen molar-refractivity contribution < 1.29 is 17.9 Å². The summed E-state index contributed by atoms with van der Waals surface area (Å²) < 4.78 is 31.2. The number of hydrogen-bond acceptors (Lipinski definition) is 5. The molecule has 0 aliphatic rings. The minimum absolute atomic E-state index is 0.128. The largest absolute Gasteiger partial charge is 0.469 e. The fraction of sp³-hybridized carbons (Fsp3) is 0.600. The topological polar surface area (TPSA) is 81.5 Å². The van der Waals surface area contributed by atoms with Gasteiger partial charge >= 0.3 is 5.97 Å². The Morgan fingerprint density at radius 1 is 1.56 bits per heavy atom. The first-order valence-corrected chi connectivity index (χ1v) is 6.84. The van der Waals surface area contributed by atoms with E-state index in [9.17, 15) is 13.2 Å². The average molecular weight is 275 g/mol. The molecule has 102 valence electrons. The third kappa shape index (κ3) is 3.30. The molecule has 0 saturated carbocycles.